The van der Waals surface area contributed by atoms with Crippen LogP contribution in [0.15, 0.2) is 0 Å². The third-order valence-electron chi connectivity index (χ3n) is 2.15. The lowest BCUT2D eigenvalue weighted by Gasteiger charge is -2.30. The predicted molar refractivity (Wildman–Crippen MR) is 47.0 cm³/mol. The summed E-state index contributed by atoms with van der Waals surface area (Å²) in [6.45, 7) is 9.98. The largest absolute Gasteiger partial charge is 0.351 e. The van der Waals surface area contributed by atoms with Crippen LogP contribution in [0.3, 0.4) is 0 Å². The first-order chi connectivity index (χ1) is 4.90. The molecule has 0 saturated carbocycles. The molecule has 0 aliphatic rings. The van der Waals surface area contributed by atoms with Gasteiger partial charge in [-0.3, -0.25) is 4.79 Å². The molecule has 1 N–H and O–H groups in total. The van der Waals surface area contributed by atoms with Crippen molar-refractivity contribution in [2.24, 2.45) is 5.92 Å². The van der Waals surface area contributed by atoms with Gasteiger partial charge in [0.1, 0.15) is 0 Å². The molecular formula is C9H18NO. The summed E-state index contributed by atoms with van der Waals surface area (Å²) < 4.78 is 0. The molecule has 0 heterocycles. The standard InChI is InChI=1S/C9H18NO/c1-6-8(11)10-9(4,5)7(2)3/h6-7H,1-5H3,(H,10,11). The molecule has 0 aromatic heterocycles. The van der Waals surface area contributed by atoms with Crippen molar-refractivity contribution in [1.29, 1.82) is 0 Å². The Morgan fingerprint density at radius 1 is 1.45 bits per heavy atom. The van der Waals surface area contributed by atoms with E-state index in [0.29, 0.717) is 5.92 Å². The molecule has 0 atom stereocenters. The zero-order valence-corrected chi connectivity index (χ0v) is 8.06. The smallest absolute Gasteiger partial charge is 0.224 e. The van der Waals surface area contributed by atoms with E-state index < -0.39 is 0 Å². The van der Waals surface area contributed by atoms with E-state index in [4.69, 9.17) is 0 Å². The molecule has 0 aliphatic heterocycles. The Kier molecular flexibility index (Phi) is 3.56. The first-order valence-corrected chi connectivity index (χ1v) is 4.01. The lowest BCUT2D eigenvalue weighted by molar-refractivity contribution is -0.119. The Morgan fingerprint density at radius 3 is 2.18 bits per heavy atom. The van der Waals surface area contributed by atoms with Gasteiger partial charge in [-0.25, -0.2) is 0 Å². The van der Waals surface area contributed by atoms with Gasteiger partial charge in [0.25, 0.3) is 0 Å². The molecule has 0 spiro atoms. The highest BCUT2D eigenvalue weighted by Gasteiger charge is 2.23. The molecule has 0 bridgehead atoms. The maximum absolute atomic E-state index is 11.0. The van der Waals surface area contributed by atoms with Crippen molar-refractivity contribution in [3.05, 3.63) is 6.42 Å². The molecule has 0 aromatic carbocycles. The van der Waals surface area contributed by atoms with Gasteiger partial charge in [-0.05, 0) is 19.8 Å². The summed E-state index contributed by atoms with van der Waals surface area (Å²) in [5.41, 5.74) is -0.108. The minimum Gasteiger partial charge on any atom is -0.351 e. The second-order valence-corrected chi connectivity index (χ2v) is 3.65. The minimum absolute atomic E-state index is 0.00343. The maximum Gasteiger partial charge on any atom is 0.224 e. The van der Waals surface area contributed by atoms with Crippen molar-refractivity contribution >= 4 is 5.91 Å². The summed E-state index contributed by atoms with van der Waals surface area (Å²) in [4.78, 5) is 11.0. The van der Waals surface area contributed by atoms with Crippen molar-refractivity contribution in [2.75, 3.05) is 0 Å². The van der Waals surface area contributed by atoms with Crippen molar-refractivity contribution in [3.63, 3.8) is 0 Å². The van der Waals surface area contributed by atoms with Crippen LogP contribution >= 0.6 is 0 Å². The monoisotopic (exact) mass is 156 g/mol. The number of carbonyl (C=O) groups excluding carboxylic acids is 1. The van der Waals surface area contributed by atoms with E-state index >= 15 is 0 Å². The highest BCUT2D eigenvalue weighted by atomic mass is 16.1. The number of amides is 1. The molecule has 2 nitrogen and oxygen atoms in total. The molecular weight excluding hydrogens is 138 g/mol. The summed E-state index contributed by atoms with van der Waals surface area (Å²) >= 11 is 0. The van der Waals surface area contributed by atoms with Crippen molar-refractivity contribution in [2.45, 2.75) is 40.2 Å². The van der Waals surface area contributed by atoms with E-state index in [1.54, 1.807) is 13.3 Å². The Morgan fingerprint density at radius 2 is 1.91 bits per heavy atom. The Labute approximate surface area is 69.4 Å². The van der Waals surface area contributed by atoms with Crippen LogP contribution in [0.4, 0.5) is 0 Å². The van der Waals surface area contributed by atoms with Crippen LogP contribution < -0.4 is 5.32 Å². The topological polar surface area (TPSA) is 29.1 Å². The van der Waals surface area contributed by atoms with Gasteiger partial charge in [0, 0.05) is 12.0 Å². The number of carbonyl (C=O) groups is 1. The Bertz CT molecular complexity index is 138. The van der Waals surface area contributed by atoms with E-state index in [2.05, 4.69) is 19.2 Å². The van der Waals surface area contributed by atoms with Crippen LogP contribution in [0.5, 0.6) is 0 Å². The van der Waals surface area contributed by atoms with E-state index in [1.165, 1.54) is 0 Å². The van der Waals surface area contributed by atoms with Crippen molar-refractivity contribution in [1.82, 2.24) is 5.32 Å². The van der Waals surface area contributed by atoms with E-state index in [0.717, 1.165) is 0 Å². The van der Waals surface area contributed by atoms with Crippen LogP contribution in [0.25, 0.3) is 0 Å². The summed E-state index contributed by atoms with van der Waals surface area (Å²) in [6.07, 6.45) is 1.55. The summed E-state index contributed by atoms with van der Waals surface area (Å²) in [6, 6.07) is 0. The van der Waals surface area contributed by atoms with Gasteiger partial charge >= 0.3 is 0 Å². The minimum atomic E-state index is -0.108. The van der Waals surface area contributed by atoms with E-state index in [9.17, 15) is 4.79 Å². The van der Waals surface area contributed by atoms with Gasteiger partial charge in [-0.1, -0.05) is 20.8 Å². The number of nitrogens with one attached hydrogen (secondary N) is 1. The average molecular weight is 156 g/mol. The lowest BCUT2D eigenvalue weighted by Crippen LogP contribution is -2.47. The molecule has 1 amide bonds. The first kappa shape index (κ1) is 10.5. The normalized spacial score (nSPS) is 11.8. The molecule has 0 fully saturated rings. The average Bonchev–Trinajstić information content (AvgIpc) is 1.86. The second-order valence-electron chi connectivity index (χ2n) is 3.65. The highest BCUT2D eigenvalue weighted by molar-refractivity contribution is 5.84. The molecule has 0 saturated heterocycles. The summed E-state index contributed by atoms with van der Waals surface area (Å²) in [5.74, 6) is 0.454. The number of hydrogen-bond acceptors (Lipinski definition) is 1. The third kappa shape index (κ3) is 3.40. The molecule has 0 unspecified atom stereocenters. The maximum atomic E-state index is 11.0. The summed E-state index contributed by atoms with van der Waals surface area (Å²) in [7, 11) is 0. The van der Waals surface area contributed by atoms with Crippen LogP contribution in [0.2, 0.25) is 0 Å². The summed E-state index contributed by atoms with van der Waals surface area (Å²) in [5, 5.41) is 2.91. The third-order valence-corrected chi connectivity index (χ3v) is 2.15. The van der Waals surface area contributed by atoms with Crippen molar-refractivity contribution in [3.8, 4) is 0 Å². The van der Waals surface area contributed by atoms with Gasteiger partial charge < -0.3 is 5.32 Å². The van der Waals surface area contributed by atoms with Gasteiger partial charge in [0.2, 0.25) is 5.91 Å². The zero-order valence-electron chi connectivity index (χ0n) is 8.06. The van der Waals surface area contributed by atoms with Gasteiger partial charge in [-0.15, -0.1) is 0 Å². The Balaban J connectivity index is 4.01. The zero-order chi connectivity index (χ0) is 9.07. The highest BCUT2D eigenvalue weighted by Crippen LogP contribution is 2.14. The molecule has 1 radical (unpaired) electrons. The predicted octanol–water partition coefficient (Wildman–Crippen LogP) is 1.76. The SMILES string of the molecule is C[CH]C(=O)NC(C)(C)C(C)C. The number of hydrogen-bond donors (Lipinski definition) is 1. The fourth-order valence-corrected chi connectivity index (χ4v) is 0.534. The Hall–Kier alpha value is -0.530. The van der Waals surface area contributed by atoms with Crippen molar-refractivity contribution < 1.29 is 4.79 Å². The van der Waals surface area contributed by atoms with E-state index in [1.807, 2.05) is 13.8 Å². The van der Waals surface area contributed by atoms with Crippen LogP contribution in [-0.2, 0) is 4.79 Å². The van der Waals surface area contributed by atoms with Gasteiger partial charge in [0.15, 0.2) is 0 Å². The van der Waals surface area contributed by atoms with Crippen LogP contribution in [-0.4, -0.2) is 11.4 Å². The lowest BCUT2D eigenvalue weighted by atomic mass is 9.91. The number of rotatable bonds is 3. The molecule has 2 heteroatoms. The van der Waals surface area contributed by atoms with Crippen LogP contribution in [0.1, 0.15) is 34.6 Å². The van der Waals surface area contributed by atoms with E-state index in [-0.39, 0.29) is 11.4 Å². The molecule has 0 aliphatic carbocycles. The molecule has 65 valence electrons. The quantitative estimate of drug-likeness (QED) is 0.662. The van der Waals surface area contributed by atoms with Gasteiger partial charge in [0.05, 0.1) is 0 Å². The molecule has 11 heavy (non-hydrogen) atoms. The van der Waals surface area contributed by atoms with Gasteiger partial charge in [-0.2, -0.15) is 0 Å². The second kappa shape index (κ2) is 3.74. The first-order valence-electron chi connectivity index (χ1n) is 4.01. The molecule has 0 aromatic rings. The fourth-order valence-electron chi connectivity index (χ4n) is 0.534. The molecule has 0 rings (SSSR count). The van der Waals surface area contributed by atoms with Crippen LogP contribution in [0, 0.1) is 12.3 Å². The fraction of sp³-hybridized carbons (Fsp3) is 0.778.